The van der Waals surface area contributed by atoms with Crippen LogP contribution in [0.3, 0.4) is 0 Å². The molecule has 1 aliphatic carbocycles. The van der Waals surface area contributed by atoms with Crippen LogP contribution in [0.15, 0.2) is 24.3 Å². The van der Waals surface area contributed by atoms with E-state index in [0.29, 0.717) is 12.4 Å². The number of para-hydroxylation sites is 1. The van der Waals surface area contributed by atoms with Gasteiger partial charge in [0.15, 0.2) is 6.29 Å². The summed E-state index contributed by atoms with van der Waals surface area (Å²) in [5.41, 5.74) is 0.923. The van der Waals surface area contributed by atoms with Crippen molar-refractivity contribution in [2.45, 2.75) is 69.0 Å². The normalized spacial score (nSPS) is 28.6. The van der Waals surface area contributed by atoms with Gasteiger partial charge < -0.3 is 14.8 Å². The van der Waals surface area contributed by atoms with Crippen molar-refractivity contribution in [3.8, 4) is 5.75 Å². The average Bonchev–Trinajstić information content (AvgIpc) is 2.73. The lowest BCUT2D eigenvalue weighted by molar-refractivity contribution is -0.120. The quantitative estimate of drug-likeness (QED) is 0.570. The maximum Gasteiger partial charge on any atom is 0.293 e. The molecule has 2 fully saturated rings. The lowest BCUT2D eigenvalue weighted by Gasteiger charge is -2.35. The lowest BCUT2D eigenvalue weighted by Crippen LogP contribution is -2.55. The van der Waals surface area contributed by atoms with Crippen molar-refractivity contribution in [2.24, 2.45) is 0 Å². The van der Waals surface area contributed by atoms with E-state index in [1.165, 1.54) is 6.26 Å². The van der Waals surface area contributed by atoms with Crippen molar-refractivity contribution in [2.75, 3.05) is 19.4 Å². The minimum Gasteiger partial charge on any atom is -0.453 e. The summed E-state index contributed by atoms with van der Waals surface area (Å²) in [6.45, 7) is 1.32. The van der Waals surface area contributed by atoms with E-state index >= 15 is 0 Å². The second-order valence-electron chi connectivity index (χ2n) is 8.15. The third-order valence-electron chi connectivity index (χ3n) is 5.84. The molecule has 2 N–H and O–H groups in total. The number of aldehydes is 1. The van der Waals surface area contributed by atoms with Crippen molar-refractivity contribution >= 4 is 16.3 Å². The van der Waals surface area contributed by atoms with Gasteiger partial charge in [-0.25, -0.2) is 13.1 Å². The Bertz CT molecular complexity index is 798. The topological polar surface area (TPSA) is 93.7 Å². The number of benzene rings is 1. The van der Waals surface area contributed by atoms with Crippen molar-refractivity contribution < 1.29 is 27.1 Å². The second kappa shape index (κ2) is 10.7. The number of hydrogen-bond donors (Lipinski definition) is 2. The van der Waals surface area contributed by atoms with Gasteiger partial charge in [-0.2, -0.15) is 4.39 Å². The van der Waals surface area contributed by atoms with E-state index in [-0.39, 0.29) is 30.4 Å². The van der Waals surface area contributed by atoms with Crippen LogP contribution in [0.4, 0.5) is 4.39 Å². The molecule has 1 aromatic rings. The van der Waals surface area contributed by atoms with Gasteiger partial charge in [0.05, 0.1) is 19.0 Å². The zero-order chi connectivity index (χ0) is 21.6. The molecule has 3 rings (SSSR count). The van der Waals surface area contributed by atoms with Gasteiger partial charge >= 0.3 is 0 Å². The second-order valence-corrected chi connectivity index (χ2v) is 9.93. The molecule has 168 valence electrons. The molecule has 1 heterocycles. The summed E-state index contributed by atoms with van der Waals surface area (Å²) >= 11 is 0. The standard InChI is InChI=1S/C21H31FN2O5S/c1-30(26,27)24-18-6-4-12-23-19(18)14-28-16-10-8-15(9-11-16)17-5-2-3-7-20(17)29-21(22)13-25/h2-3,5,7,13,15-16,18-19,21,23-24H,4,6,8-12,14H2,1H3/t15?,16?,18-,19-,21?/m0/s1. The Kier molecular flexibility index (Phi) is 8.21. The van der Waals surface area contributed by atoms with Crippen LogP contribution in [-0.2, 0) is 19.6 Å². The number of nitrogens with one attached hydrogen (secondary N) is 2. The fourth-order valence-electron chi connectivity index (χ4n) is 4.40. The van der Waals surface area contributed by atoms with Crippen molar-refractivity contribution in [3.63, 3.8) is 0 Å². The number of piperidine rings is 1. The number of alkyl halides is 1. The molecule has 0 spiro atoms. The van der Waals surface area contributed by atoms with Gasteiger partial charge in [0, 0.05) is 12.1 Å². The van der Waals surface area contributed by atoms with Gasteiger partial charge in [0.2, 0.25) is 10.0 Å². The van der Waals surface area contributed by atoms with E-state index in [4.69, 9.17) is 9.47 Å². The molecule has 3 atom stereocenters. The third kappa shape index (κ3) is 6.73. The van der Waals surface area contributed by atoms with Crippen molar-refractivity contribution in [3.05, 3.63) is 29.8 Å². The third-order valence-corrected chi connectivity index (χ3v) is 6.57. The Morgan fingerprint density at radius 3 is 2.67 bits per heavy atom. The largest absolute Gasteiger partial charge is 0.453 e. The summed E-state index contributed by atoms with van der Waals surface area (Å²) < 4.78 is 50.5. The van der Waals surface area contributed by atoms with Gasteiger partial charge in [0.1, 0.15) is 5.75 Å². The summed E-state index contributed by atoms with van der Waals surface area (Å²) in [7, 11) is -3.26. The molecule has 1 aromatic carbocycles. The van der Waals surface area contributed by atoms with Crippen molar-refractivity contribution in [1.29, 1.82) is 0 Å². The summed E-state index contributed by atoms with van der Waals surface area (Å²) in [5.74, 6) is 0.648. The SMILES string of the molecule is CS(=O)(=O)N[C@H]1CCCN[C@H]1COC1CCC(c2ccccc2OC(F)C=O)CC1. The fraction of sp³-hybridized carbons (Fsp3) is 0.667. The number of sulfonamides is 1. The van der Waals surface area contributed by atoms with E-state index in [0.717, 1.165) is 50.6 Å². The van der Waals surface area contributed by atoms with Crippen LogP contribution in [0, 0.1) is 0 Å². The number of carbonyl (C=O) groups excluding carboxylic acids is 1. The first-order valence-corrected chi connectivity index (χ1v) is 12.4. The van der Waals surface area contributed by atoms with E-state index in [9.17, 15) is 17.6 Å². The Morgan fingerprint density at radius 2 is 1.97 bits per heavy atom. The predicted molar refractivity (Wildman–Crippen MR) is 112 cm³/mol. The van der Waals surface area contributed by atoms with Crippen LogP contribution in [0.25, 0.3) is 0 Å². The molecule has 0 amide bonds. The first-order chi connectivity index (χ1) is 14.4. The smallest absolute Gasteiger partial charge is 0.293 e. The highest BCUT2D eigenvalue weighted by Gasteiger charge is 2.30. The van der Waals surface area contributed by atoms with Crippen LogP contribution in [0.2, 0.25) is 0 Å². The lowest BCUT2D eigenvalue weighted by atomic mass is 9.82. The molecule has 1 unspecified atom stereocenters. The minimum absolute atomic E-state index is 0.0369. The summed E-state index contributed by atoms with van der Waals surface area (Å²) in [6, 6.07) is 7.08. The first kappa shape index (κ1) is 23.1. The van der Waals surface area contributed by atoms with Gasteiger partial charge in [-0.15, -0.1) is 0 Å². The highest BCUT2D eigenvalue weighted by Crippen LogP contribution is 2.38. The van der Waals surface area contributed by atoms with Crippen LogP contribution < -0.4 is 14.8 Å². The van der Waals surface area contributed by atoms with Crippen LogP contribution in [0.5, 0.6) is 5.75 Å². The summed E-state index contributed by atoms with van der Waals surface area (Å²) in [6.07, 6.45) is 4.70. The number of rotatable bonds is 9. The molecule has 2 aliphatic rings. The summed E-state index contributed by atoms with van der Waals surface area (Å²) in [4.78, 5) is 10.6. The highest BCUT2D eigenvalue weighted by atomic mass is 32.2. The number of halogens is 1. The predicted octanol–water partition coefficient (Wildman–Crippen LogP) is 2.27. The molecule has 7 nitrogen and oxygen atoms in total. The molecule has 1 saturated carbocycles. The summed E-state index contributed by atoms with van der Waals surface area (Å²) in [5, 5.41) is 3.36. The van der Waals surface area contributed by atoms with Gasteiger partial charge in [-0.1, -0.05) is 18.2 Å². The van der Waals surface area contributed by atoms with E-state index in [1.54, 1.807) is 12.1 Å². The Labute approximate surface area is 177 Å². The van der Waals surface area contributed by atoms with Gasteiger partial charge in [-0.3, -0.25) is 4.79 Å². The minimum atomic E-state index is -3.26. The Hall–Kier alpha value is -1.55. The number of hydrogen-bond acceptors (Lipinski definition) is 6. The monoisotopic (exact) mass is 442 g/mol. The fourth-order valence-corrected chi connectivity index (χ4v) is 5.23. The zero-order valence-corrected chi connectivity index (χ0v) is 18.1. The molecule has 1 saturated heterocycles. The van der Waals surface area contributed by atoms with E-state index < -0.39 is 16.4 Å². The molecule has 9 heteroatoms. The molecule has 0 aromatic heterocycles. The molecular formula is C21H31FN2O5S. The van der Waals surface area contributed by atoms with Crippen LogP contribution in [-0.4, -0.2) is 58.7 Å². The van der Waals surface area contributed by atoms with Gasteiger partial charge in [-0.05, 0) is 62.6 Å². The van der Waals surface area contributed by atoms with Crippen molar-refractivity contribution in [1.82, 2.24) is 10.0 Å². The van der Waals surface area contributed by atoms with Crippen LogP contribution in [0.1, 0.15) is 50.0 Å². The zero-order valence-electron chi connectivity index (χ0n) is 17.3. The van der Waals surface area contributed by atoms with E-state index in [1.807, 2.05) is 12.1 Å². The molecule has 0 radical (unpaired) electrons. The first-order valence-electron chi connectivity index (χ1n) is 10.5. The molecule has 30 heavy (non-hydrogen) atoms. The highest BCUT2D eigenvalue weighted by molar-refractivity contribution is 7.88. The maximum absolute atomic E-state index is 13.4. The van der Waals surface area contributed by atoms with Crippen LogP contribution >= 0.6 is 0 Å². The molecular weight excluding hydrogens is 411 g/mol. The number of carbonyl (C=O) groups is 1. The molecule has 0 bridgehead atoms. The van der Waals surface area contributed by atoms with E-state index in [2.05, 4.69) is 10.0 Å². The van der Waals surface area contributed by atoms with Gasteiger partial charge in [0.25, 0.3) is 6.36 Å². The Balaban J connectivity index is 1.51. The number of ether oxygens (including phenoxy) is 2. The Morgan fingerprint density at radius 1 is 1.23 bits per heavy atom. The average molecular weight is 443 g/mol. The maximum atomic E-state index is 13.4. The molecule has 1 aliphatic heterocycles.